The highest BCUT2D eigenvalue weighted by molar-refractivity contribution is 5.97. The van der Waals surface area contributed by atoms with Gasteiger partial charge in [0.05, 0.1) is 10.9 Å². The van der Waals surface area contributed by atoms with Gasteiger partial charge in [-0.25, -0.2) is 4.98 Å². The SMILES string of the molecule is CCC(C)n1c(=N)c(C(=O)NC2CCCCC2)cc2c(=O)n3ccccc3nc21. The summed E-state index contributed by atoms with van der Waals surface area (Å²) in [4.78, 5) is 30.8. The van der Waals surface area contributed by atoms with Crippen LogP contribution in [0, 0.1) is 5.41 Å². The van der Waals surface area contributed by atoms with E-state index in [0.29, 0.717) is 16.7 Å². The molecule has 0 saturated heterocycles. The molecule has 1 aliphatic carbocycles. The van der Waals surface area contributed by atoms with E-state index < -0.39 is 0 Å². The molecule has 1 unspecified atom stereocenters. The van der Waals surface area contributed by atoms with E-state index in [-0.39, 0.29) is 34.6 Å². The monoisotopic (exact) mass is 393 g/mol. The molecule has 1 saturated carbocycles. The molecule has 3 aromatic heterocycles. The van der Waals surface area contributed by atoms with E-state index in [1.807, 2.05) is 19.9 Å². The molecule has 29 heavy (non-hydrogen) atoms. The number of nitrogens with zero attached hydrogens (tertiary/aromatic N) is 3. The second-order valence-electron chi connectivity index (χ2n) is 7.93. The molecule has 0 radical (unpaired) electrons. The van der Waals surface area contributed by atoms with E-state index >= 15 is 0 Å². The Morgan fingerprint density at radius 2 is 2.07 bits per heavy atom. The first-order valence-electron chi connectivity index (χ1n) is 10.4. The van der Waals surface area contributed by atoms with E-state index in [9.17, 15) is 9.59 Å². The molecular weight excluding hydrogens is 366 g/mol. The molecule has 7 heteroatoms. The number of carbonyl (C=O) groups excluding carboxylic acids is 1. The van der Waals surface area contributed by atoms with E-state index in [1.165, 1.54) is 10.8 Å². The minimum absolute atomic E-state index is 0.0644. The van der Waals surface area contributed by atoms with Crippen molar-refractivity contribution in [3.63, 3.8) is 0 Å². The second kappa shape index (κ2) is 7.81. The number of nitrogens with one attached hydrogen (secondary N) is 2. The average Bonchev–Trinajstić information content (AvgIpc) is 2.74. The number of aromatic nitrogens is 3. The zero-order valence-corrected chi connectivity index (χ0v) is 16.9. The third-order valence-corrected chi connectivity index (χ3v) is 5.98. The lowest BCUT2D eigenvalue weighted by Gasteiger charge is -2.24. The molecule has 0 aliphatic heterocycles. The number of rotatable bonds is 4. The Labute approximate surface area is 168 Å². The van der Waals surface area contributed by atoms with Crippen LogP contribution in [0.2, 0.25) is 0 Å². The van der Waals surface area contributed by atoms with Crippen LogP contribution in [0.15, 0.2) is 35.3 Å². The molecule has 0 aromatic carbocycles. The summed E-state index contributed by atoms with van der Waals surface area (Å²) in [7, 11) is 0. The highest BCUT2D eigenvalue weighted by Crippen LogP contribution is 2.19. The van der Waals surface area contributed by atoms with E-state index in [0.717, 1.165) is 32.1 Å². The van der Waals surface area contributed by atoms with Gasteiger partial charge in [-0.2, -0.15) is 0 Å². The number of amides is 1. The Morgan fingerprint density at radius 3 is 2.79 bits per heavy atom. The summed E-state index contributed by atoms with van der Waals surface area (Å²) in [6, 6.07) is 7.00. The predicted molar refractivity (Wildman–Crippen MR) is 112 cm³/mol. The quantitative estimate of drug-likeness (QED) is 0.667. The van der Waals surface area contributed by atoms with Gasteiger partial charge in [0.2, 0.25) is 0 Å². The molecule has 1 amide bonds. The fraction of sp³-hybridized carbons (Fsp3) is 0.455. The third kappa shape index (κ3) is 3.45. The molecule has 7 nitrogen and oxygen atoms in total. The van der Waals surface area contributed by atoms with Gasteiger partial charge in [0.15, 0.2) is 0 Å². The lowest BCUT2D eigenvalue weighted by Crippen LogP contribution is -2.41. The van der Waals surface area contributed by atoms with Gasteiger partial charge in [0.1, 0.15) is 16.8 Å². The van der Waals surface area contributed by atoms with Crippen molar-refractivity contribution in [3.05, 3.63) is 51.9 Å². The molecule has 1 atom stereocenters. The average molecular weight is 393 g/mol. The minimum Gasteiger partial charge on any atom is -0.349 e. The summed E-state index contributed by atoms with van der Waals surface area (Å²) >= 11 is 0. The highest BCUT2D eigenvalue weighted by atomic mass is 16.2. The fourth-order valence-corrected chi connectivity index (χ4v) is 4.14. The standard InChI is InChI=1S/C22H27N5O2/c1-3-14(2)27-19(23)16(21(28)24-15-9-5-4-6-10-15)13-17-20(27)25-18-11-7-8-12-26(18)22(17)29/h7-8,11-15,23H,3-6,9-10H2,1-2H3,(H,24,28). The summed E-state index contributed by atoms with van der Waals surface area (Å²) in [6.07, 6.45) is 7.79. The molecule has 152 valence electrons. The topological polar surface area (TPSA) is 92.2 Å². The van der Waals surface area contributed by atoms with Gasteiger partial charge in [-0.1, -0.05) is 32.3 Å². The van der Waals surface area contributed by atoms with Crippen LogP contribution in [0.1, 0.15) is 68.8 Å². The van der Waals surface area contributed by atoms with Crippen LogP contribution in [0.3, 0.4) is 0 Å². The summed E-state index contributed by atoms with van der Waals surface area (Å²) < 4.78 is 3.20. The van der Waals surface area contributed by atoms with Crippen LogP contribution in [-0.2, 0) is 0 Å². The zero-order chi connectivity index (χ0) is 20.5. The second-order valence-corrected chi connectivity index (χ2v) is 7.93. The molecule has 1 fully saturated rings. The zero-order valence-electron chi connectivity index (χ0n) is 16.9. The van der Waals surface area contributed by atoms with Crippen LogP contribution in [-0.4, -0.2) is 25.9 Å². The number of hydrogen-bond acceptors (Lipinski definition) is 4. The molecule has 4 rings (SSSR count). The van der Waals surface area contributed by atoms with Crippen LogP contribution in [0.25, 0.3) is 16.7 Å². The first-order valence-corrected chi connectivity index (χ1v) is 10.4. The molecular formula is C22H27N5O2. The smallest absolute Gasteiger partial charge is 0.267 e. The number of hydrogen-bond donors (Lipinski definition) is 2. The first kappa shape index (κ1) is 19.4. The van der Waals surface area contributed by atoms with E-state index in [1.54, 1.807) is 29.0 Å². The molecule has 1 aliphatic rings. The van der Waals surface area contributed by atoms with Crippen LogP contribution in [0.5, 0.6) is 0 Å². The van der Waals surface area contributed by atoms with Crippen LogP contribution in [0.4, 0.5) is 0 Å². The molecule has 3 heterocycles. The highest BCUT2D eigenvalue weighted by Gasteiger charge is 2.22. The normalized spacial score (nSPS) is 16.2. The predicted octanol–water partition coefficient (Wildman–Crippen LogP) is 3.16. The Morgan fingerprint density at radius 1 is 1.31 bits per heavy atom. The fourth-order valence-electron chi connectivity index (χ4n) is 4.14. The maximum Gasteiger partial charge on any atom is 0.267 e. The van der Waals surface area contributed by atoms with Crippen molar-refractivity contribution >= 4 is 22.6 Å². The van der Waals surface area contributed by atoms with E-state index in [2.05, 4.69) is 10.3 Å². The molecule has 0 bridgehead atoms. The van der Waals surface area contributed by atoms with Crippen molar-refractivity contribution in [2.75, 3.05) is 0 Å². The molecule has 2 N–H and O–H groups in total. The Hall–Kier alpha value is -2.96. The van der Waals surface area contributed by atoms with Gasteiger partial charge >= 0.3 is 0 Å². The van der Waals surface area contributed by atoms with Gasteiger partial charge in [-0.3, -0.25) is 19.4 Å². The number of pyridine rings is 2. The Kier molecular flexibility index (Phi) is 5.22. The van der Waals surface area contributed by atoms with Crippen molar-refractivity contribution < 1.29 is 4.79 Å². The summed E-state index contributed by atoms with van der Waals surface area (Å²) in [5.74, 6) is -0.279. The Bertz CT molecular complexity index is 1190. The van der Waals surface area contributed by atoms with Gasteiger partial charge in [0, 0.05) is 18.3 Å². The maximum absolute atomic E-state index is 13.1. The van der Waals surface area contributed by atoms with Crippen molar-refractivity contribution in [1.82, 2.24) is 19.3 Å². The van der Waals surface area contributed by atoms with Gasteiger partial charge < -0.3 is 9.88 Å². The van der Waals surface area contributed by atoms with Crippen LogP contribution >= 0.6 is 0 Å². The number of carbonyl (C=O) groups is 1. The minimum atomic E-state index is -0.279. The lowest BCUT2D eigenvalue weighted by molar-refractivity contribution is 0.0925. The largest absolute Gasteiger partial charge is 0.349 e. The van der Waals surface area contributed by atoms with Crippen LogP contribution < -0.4 is 16.4 Å². The summed E-state index contributed by atoms with van der Waals surface area (Å²) in [6.45, 7) is 4.00. The summed E-state index contributed by atoms with van der Waals surface area (Å²) in [5, 5.41) is 12.2. The summed E-state index contributed by atoms with van der Waals surface area (Å²) in [5.41, 5.74) is 1.09. The number of fused-ring (bicyclic) bond motifs is 2. The Balaban J connectivity index is 1.93. The van der Waals surface area contributed by atoms with E-state index in [4.69, 9.17) is 5.41 Å². The maximum atomic E-state index is 13.1. The van der Waals surface area contributed by atoms with Crippen molar-refractivity contribution in [1.29, 1.82) is 5.41 Å². The molecule has 0 spiro atoms. The third-order valence-electron chi connectivity index (χ3n) is 5.98. The van der Waals surface area contributed by atoms with Gasteiger partial charge in [-0.15, -0.1) is 0 Å². The lowest BCUT2D eigenvalue weighted by atomic mass is 9.95. The van der Waals surface area contributed by atoms with Crippen molar-refractivity contribution in [2.45, 2.75) is 64.5 Å². The molecule has 3 aromatic rings. The van der Waals surface area contributed by atoms with Gasteiger partial charge in [-0.05, 0) is 44.4 Å². The first-order chi connectivity index (χ1) is 14.0. The van der Waals surface area contributed by atoms with Crippen molar-refractivity contribution in [3.8, 4) is 0 Å². The van der Waals surface area contributed by atoms with Gasteiger partial charge in [0.25, 0.3) is 11.5 Å². The van der Waals surface area contributed by atoms with Crippen molar-refractivity contribution in [2.24, 2.45) is 0 Å².